The van der Waals surface area contributed by atoms with Crippen LogP contribution in [0.25, 0.3) is 0 Å². The SMILES string of the molecule is CN(Cc1ccccc1NC(=O)CC1COCCN1)C1CCCCC1.Cl.Cl. The molecule has 0 spiro atoms. The van der Waals surface area contributed by atoms with Crippen molar-refractivity contribution in [3.05, 3.63) is 29.8 Å². The third-order valence-electron chi connectivity index (χ3n) is 5.34. The van der Waals surface area contributed by atoms with E-state index in [4.69, 9.17) is 4.74 Å². The summed E-state index contributed by atoms with van der Waals surface area (Å²) in [6, 6.07) is 8.95. The van der Waals surface area contributed by atoms with Gasteiger partial charge in [0.25, 0.3) is 0 Å². The molecule has 1 aromatic carbocycles. The molecule has 2 aliphatic rings. The van der Waals surface area contributed by atoms with Gasteiger partial charge in [-0.15, -0.1) is 24.8 Å². The predicted octanol–water partition coefficient (Wildman–Crippen LogP) is 3.61. The molecule has 2 N–H and O–H groups in total. The van der Waals surface area contributed by atoms with Crippen molar-refractivity contribution < 1.29 is 9.53 Å². The number of hydrogen-bond acceptors (Lipinski definition) is 4. The van der Waals surface area contributed by atoms with E-state index in [9.17, 15) is 4.79 Å². The van der Waals surface area contributed by atoms with Crippen LogP contribution in [0.1, 0.15) is 44.1 Å². The Kier molecular flexibility index (Phi) is 11.3. The van der Waals surface area contributed by atoms with Gasteiger partial charge in [-0.1, -0.05) is 37.5 Å². The maximum Gasteiger partial charge on any atom is 0.226 e. The van der Waals surface area contributed by atoms with Crippen LogP contribution in [0.4, 0.5) is 5.69 Å². The number of para-hydroxylation sites is 1. The molecule has 0 radical (unpaired) electrons. The second-order valence-corrected chi connectivity index (χ2v) is 7.34. The van der Waals surface area contributed by atoms with Gasteiger partial charge < -0.3 is 15.4 Å². The second-order valence-electron chi connectivity index (χ2n) is 7.34. The molecule has 1 unspecified atom stereocenters. The minimum Gasteiger partial charge on any atom is -0.378 e. The molecular formula is C20H33Cl2N3O2. The molecule has 0 bridgehead atoms. The number of nitrogens with one attached hydrogen (secondary N) is 2. The van der Waals surface area contributed by atoms with Crippen LogP contribution in [0.15, 0.2) is 24.3 Å². The zero-order chi connectivity index (χ0) is 17.5. The molecule has 27 heavy (non-hydrogen) atoms. The van der Waals surface area contributed by atoms with Crippen LogP contribution in [0.2, 0.25) is 0 Å². The van der Waals surface area contributed by atoms with Crippen molar-refractivity contribution in [2.75, 3.05) is 32.1 Å². The van der Waals surface area contributed by atoms with E-state index in [1.165, 1.54) is 37.7 Å². The van der Waals surface area contributed by atoms with Crippen LogP contribution < -0.4 is 10.6 Å². The summed E-state index contributed by atoms with van der Waals surface area (Å²) in [7, 11) is 2.21. The highest BCUT2D eigenvalue weighted by Gasteiger charge is 2.20. The highest BCUT2D eigenvalue weighted by molar-refractivity contribution is 5.91. The Morgan fingerprint density at radius 2 is 1.96 bits per heavy atom. The van der Waals surface area contributed by atoms with Gasteiger partial charge in [0.15, 0.2) is 0 Å². The van der Waals surface area contributed by atoms with E-state index < -0.39 is 0 Å². The third kappa shape index (κ3) is 7.59. The van der Waals surface area contributed by atoms with E-state index in [1.54, 1.807) is 0 Å². The minimum atomic E-state index is 0. The largest absolute Gasteiger partial charge is 0.378 e. The first kappa shape index (κ1) is 24.2. The number of halogens is 2. The fraction of sp³-hybridized carbons (Fsp3) is 0.650. The number of nitrogens with zero attached hydrogens (tertiary/aromatic N) is 1. The summed E-state index contributed by atoms with van der Waals surface area (Å²) in [5.74, 6) is 0.0516. The standard InChI is InChI=1S/C20H31N3O2.2ClH/c1-23(18-8-3-2-4-9-18)14-16-7-5-6-10-19(16)22-20(24)13-17-15-25-12-11-21-17;;/h5-7,10,17-18,21H,2-4,8-9,11-15H2,1H3,(H,22,24);2*1H. The van der Waals surface area contributed by atoms with Gasteiger partial charge in [0.1, 0.15) is 0 Å². The number of ether oxygens (including phenoxy) is 1. The van der Waals surface area contributed by atoms with Gasteiger partial charge in [0, 0.05) is 37.3 Å². The molecule has 2 fully saturated rings. The lowest BCUT2D eigenvalue weighted by atomic mass is 9.94. The second kappa shape index (κ2) is 12.6. The predicted molar refractivity (Wildman–Crippen MR) is 115 cm³/mol. The van der Waals surface area contributed by atoms with Crippen molar-refractivity contribution in [2.45, 2.75) is 57.2 Å². The van der Waals surface area contributed by atoms with Crippen LogP contribution in [-0.4, -0.2) is 49.7 Å². The van der Waals surface area contributed by atoms with Crippen molar-refractivity contribution in [3.63, 3.8) is 0 Å². The first-order chi connectivity index (χ1) is 12.2. The van der Waals surface area contributed by atoms with Crippen molar-refractivity contribution in [3.8, 4) is 0 Å². The fourth-order valence-electron chi connectivity index (χ4n) is 3.88. The maximum atomic E-state index is 12.4. The normalized spacial score (nSPS) is 20.4. The van der Waals surface area contributed by atoms with Gasteiger partial charge >= 0.3 is 0 Å². The first-order valence-electron chi connectivity index (χ1n) is 9.61. The van der Waals surface area contributed by atoms with Crippen molar-refractivity contribution in [1.29, 1.82) is 0 Å². The molecule has 0 aromatic heterocycles. The van der Waals surface area contributed by atoms with Crippen LogP contribution in [-0.2, 0) is 16.1 Å². The molecule has 154 valence electrons. The highest BCUT2D eigenvalue weighted by atomic mass is 35.5. The molecule has 1 amide bonds. The fourth-order valence-corrected chi connectivity index (χ4v) is 3.88. The number of hydrogen-bond donors (Lipinski definition) is 2. The number of benzene rings is 1. The maximum absolute atomic E-state index is 12.4. The number of anilines is 1. The number of rotatable bonds is 6. The van der Waals surface area contributed by atoms with Gasteiger partial charge in [-0.25, -0.2) is 0 Å². The molecule has 5 nitrogen and oxygen atoms in total. The van der Waals surface area contributed by atoms with E-state index >= 15 is 0 Å². The molecule has 1 aliphatic heterocycles. The average Bonchev–Trinajstić information content (AvgIpc) is 2.65. The molecule has 1 saturated heterocycles. The third-order valence-corrected chi connectivity index (χ3v) is 5.34. The molecule has 1 atom stereocenters. The van der Waals surface area contributed by atoms with Gasteiger partial charge in [-0.3, -0.25) is 9.69 Å². The Hall–Kier alpha value is -0.850. The molecule has 7 heteroatoms. The Morgan fingerprint density at radius 1 is 1.22 bits per heavy atom. The summed E-state index contributed by atoms with van der Waals surface area (Å²) >= 11 is 0. The highest BCUT2D eigenvalue weighted by Crippen LogP contribution is 2.25. The van der Waals surface area contributed by atoms with E-state index in [0.29, 0.717) is 19.1 Å². The average molecular weight is 418 g/mol. The quantitative estimate of drug-likeness (QED) is 0.741. The topological polar surface area (TPSA) is 53.6 Å². The van der Waals surface area contributed by atoms with Crippen LogP contribution in [0.5, 0.6) is 0 Å². The zero-order valence-electron chi connectivity index (χ0n) is 16.1. The van der Waals surface area contributed by atoms with E-state index in [2.05, 4.69) is 34.7 Å². The lowest BCUT2D eigenvalue weighted by molar-refractivity contribution is -0.117. The van der Waals surface area contributed by atoms with Crippen LogP contribution in [0, 0.1) is 0 Å². The van der Waals surface area contributed by atoms with Gasteiger partial charge in [-0.2, -0.15) is 0 Å². The van der Waals surface area contributed by atoms with Gasteiger partial charge in [-0.05, 0) is 31.5 Å². The van der Waals surface area contributed by atoms with E-state index in [1.807, 2.05) is 12.1 Å². The number of amides is 1. The zero-order valence-corrected chi connectivity index (χ0v) is 17.7. The number of morpholine rings is 1. The van der Waals surface area contributed by atoms with Crippen molar-refractivity contribution >= 4 is 36.4 Å². The lowest BCUT2D eigenvalue weighted by Gasteiger charge is -2.31. The molecule has 1 saturated carbocycles. The van der Waals surface area contributed by atoms with E-state index in [0.717, 1.165) is 25.4 Å². The number of carbonyl (C=O) groups is 1. The molecule has 1 aliphatic carbocycles. The van der Waals surface area contributed by atoms with Gasteiger partial charge in [0.2, 0.25) is 5.91 Å². The summed E-state index contributed by atoms with van der Waals surface area (Å²) in [6.45, 7) is 3.04. The van der Waals surface area contributed by atoms with Gasteiger partial charge in [0.05, 0.1) is 13.2 Å². The summed E-state index contributed by atoms with van der Waals surface area (Å²) in [4.78, 5) is 14.8. The van der Waals surface area contributed by atoms with E-state index in [-0.39, 0.29) is 36.8 Å². The monoisotopic (exact) mass is 417 g/mol. The van der Waals surface area contributed by atoms with Crippen molar-refractivity contribution in [1.82, 2.24) is 10.2 Å². The number of carbonyl (C=O) groups excluding carboxylic acids is 1. The van der Waals surface area contributed by atoms with Crippen LogP contribution >= 0.6 is 24.8 Å². The summed E-state index contributed by atoms with van der Waals surface area (Å²) in [5.41, 5.74) is 2.13. The summed E-state index contributed by atoms with van der Waals surface area (Å²) < 4.78 is 5.43. The Balaban J connectivity index is 0.00000182. The Bertz CT molecular complexity index is 562. The summed E-state index contributed by atoms with van der Waals surface area (Å²) in [5, 5.41) is 6.44. The van der Waals surface area contributed by atoms with Crippen LogP contribution in [0.3, 0.4) is 0 Å². The van der Waals surface area contributed by atoms with Crippen molar-refractivity contribution in [2.24, 2.45) is 0 Å². The first-order valence-corrected chi connectivity index (χ1v) is 9.61. The minimum absolute atomic E-state index is 0. The molecule has 1 heterocycles. The Morgan fingerprint density at radius 3 is 2.67 bits per heavy atom. The Labute approximate surface area is 175 Å². The smallest absolute Gasteiger partial charge is 0.226 e. The molecular weight excluding hydrogens is 385 g/mol. The molecule has 3 rings (SSSR count). The molecule has 1 aromatic rings. The summed E-state index contributed by atoms with van der Waals surface area (Å²) in [6.07, 6.45) is 7.08. The lowest BCUT2D eigenvalue weighted by Crippen LogP contribution is -2.43.